The summed E-state index contributed by atoms with van der Waals surface area (Å²) in [6.07, 6.45) is 5.47. The number of nitrogens with zero attached hydrogens (tertiary/aromatic N) is 4. The van der Waals surface area contributed by atoms with Crippen molar-refractivity contribution >= 4 is 66.4 Å². The number of hydroxylamine groups is 1. The van der Waals surface area contributed by atoms with E-state index >= 15 is 0 Å². The van der Waals surface area contributed by atoms with Gasteiger partial charge < -0.3 is 35.9 Å². The Balaban J connectivity index is 1.18. The maximum absolute atomic E-state index is 13.4. The predicted molar refractivity (Wildman–Crippen MR) is 209 cm³/mol. The second-order valence-electron chi connectivity index (χ2n) is 14.9. The number of benzene rings is 2. The van der Waals surface area contributed by atoms with Gasteiger partial charge in [-0.25, -0.2) is 14.8 Å². The summed E-state index contributed by atoms with van der Waals surface area (Å²) in [5.41, 5.74) is 13.6. The average Bonchev–Trinajstić information content (AvgIpc) is 3.96. The number of alkyl carbamates (subject to hydrolysis) is 1. The lowest BCUT2D eigenvalue weighted by Gasteiger charge is -2.28. The lowest BCUT2D eigenvalue weighted by atomic mass is 9.89. The minimum absolute atomic E-state index is 0.0495. The van der Waals surface area contributed by atoms with Gasteiger partial charge in [0.15, 0.2) is 0 Å². The number of hydrogen-bond donors (Lipinski definition) is 6. The number of amides is 2. The molecule has 2 aromatic carbocycles. The van der Waals surface area contributed by atoms with Gasteiger partial charge in [0.25, 0.3) is 0 Å². The van der Waals surface area contributed by atoms with Crippen LogP contribution < -0.4 is 16.5 Å². The number of imidazole rings is 2. The van der Waals surface area contributed by atoms with Crippen LogP contribution in [0.1, 0.15) is 83.4 Å². The fourth-order valence-corrected chi connectivity index (χ4v) is 8.81. The van der Waals surface area contributed by atoms with Crippen molar-refractivity contribution < 1.29 is 19.5 Å². The van der Waals surface area contributed by atoms with E-state index in [1.165, 1.54) is 7.11 Å². The number of ether oxygens (including phenoxy) is 1. The highest BCUT2D eigenvalue weighted by atomic mass is 32.1. The Hall–Kier alpha value is -4.63. The molecule has 53 heavy (non-hydrogen) atoms. The third-order valence-corrected chi connectivity index (χ3v) is 11.9. The van der Waals surface area contributed by atoms with Gasteiger partial charge in [0.1, 0.15) is 23.2 Å². The van der Waals surface area contributed by atoms with Crippen molar-refractivity contribution in [3.8, 4) is 10.4 Å². The van der Waals surface area contributed by atoms with E-state index in [1.807, 2.05) is 31.0 Å². The van der Waals surface area contributed by atoms with E-state index < -0.39 is 12.1 Å². The number of carbonyl (C=O) groups is 2. The molecule has 5 heterocycles. The molecule has 14 heteroatoms. The lowest BCUT2D eigenvalue weighted by molar-refractivity contribution is -0.138. The number of likely N-dealkylation sites (tertiary alicyclic amines) is 1. The van der Waals surface area contributed by atoms with Gasteiger partial charge in [0.2, 0.25) is 5.91 Å². The Morgan fingerprint density at radius 1 is 1.06 bits per heavy atom. The van der Waals surface area contributed by atoms with E-state index in [0.717, 1.165) is 90.8 Å². The van der Waals surface area contributed by atoms with Crippen molar-refractivity contribution in [2.75, 3.05) is 20.2 Å². The molecule has 7 N–H and O–H groups in total. The molecule has 1 fully saturated rings. The van der Waals surface area contributed by atoms with Crippen LogP contribution in [-0.4, -0.2) is 79.3 Å². The van der Waals surface area contributed by atoms with Gasteiger partial charge in [0, 0.05) is 28.8 Å². The number of methoxy groups -OCH3 is 1. The minimum atomic E-state index is -0.660. The zero-order chi connectivity index (χ0) is 37.4. The summed E-state index contributed by atoms with van der Waals surface area (Å²) in [5, 5.41) is 14.8. The summed E-state index contributed by atoms with van der Waals surface area (Å²) in [6.45, 7) is 9.23. The molecule has 4 atom stereocenters. The largest absolute Gasteiger partial charge is 0.453 e. The third kappa shape index (κ3) is 7.20. The number of aromatic amines is 2. The first kappa shape index (κ1) is 36.7. The Bertz CT molecular complexity index is 2260. The molecule has 1 unspecified atom stereocenters. The van der Waals surface area contributed by atoms with E-state index in [4.69, 9.17) is 25.4 Å². The summed E-state index contributed by atoms with van der Waals surface area (Å²) in [4.78, 5) is 50.4. The molecular weight excluding hydrogens is 691 g/mol. The first-order chi connectivity index (χ1) is 25.6. The molecule has 0 spiro atoms. The standard InChI is InChI=1S/C39H49N9O4S/c1-20(2)27(44-39(50)52-5)17-24(8-6-14-40)36-43-29-19-41-28-16-22(10-12-25(28)33(29)45-36)31-18-23-11-13-26-34(35(23)53-31)46-37(42-26)30-9-7-15-48(30)38(49)32(47-51)21(3)4/h10-13,16,18-21,24,27,30,32,47,51H,6-9,14-15,17,40H2,1-5H3,(H,42,46)(H,43,45)(H,44,50)/t24?,27-,30+,32+/m1/s1. The van der Waals surface area contributed by atoms with E-state index in [0.29, 0.717) is 19.5 Å². The highest BCUT2D eigenvalue weighted by Crippen LogP contribution is 2.40. The van der Waals surface area contributed by atoms with Crippen LogP contribution in [0.4, 0.5) is 4.79 Å². The van der Waals surface area contributed by atoms with Gasteiger partial charge in [-0.3, -0.25) is 9.78 Å². The second kappa shape index (κ2) is 15.4. The number of nitrogens with two attached hydrogens (primary N) is 1. The first-order valence-corrected chi connectivity index (χ1v) is 19.4. The van der Waals surface area contributed by atoms with Crippen molar-refractivity contribution in [3.63, 3.8) is 0 Å². The number of nitrogens with one attached hydrogen (secondary N) is 4. The molecule has 1 aliphatic heterocycles. The maximum Gasteiger partial charge on any atom is 0.407 e. The van der Waals surface area contributed by atoms with Gasteiger partial charge >= 0.3 is 6.09 Å². The summed E-state index contributed by atoms with van der Waals surface area (Å²) < 4.78 is 6.00. The SMILES string of the molecule is COC(=O)N[C@H](CC(CCCN)c1nc2cnc3cc(-c4cc5ccc6nc([C@@H]7CCCN7C(=O)[C@@H](NO)C(C)C)[nH]c6c5s4)ccc3c2[nH]1)C(C)C. The molecule has 0 bridgehead atoms. The molecule has 6 aromatic rings. The van der Waals surface area contributed by atoms with E-state index in [9.17, 15) is 14.8 Å². The van der Waals surface area contributed by atoms with Crippen molar-refractivity contribution in [2.45, 2.75) is 83.8 Å². The van der Waals surface area contributed by atoms with Crippen molar-refractivity contribution in [2.24, 2.45) is 17.6 Å². The monoisotopic (exact) mass is 739 g/mol. The smallest absolute Gasteiger partial charge is 0.407 e. The average molecular weight is 740 g/mol. The second-order valence-corrected chi connectivity index (χ2v) is 15.9. The molecule has 13 nitrogen and oxygen atoms in total. The Morgan fingerprint density at radius 3 is 2.62 bits per heavy atom. The predicted octanol–water partition coefficient (Wildman–Crippen LogP) is 7.13. The summed E-state index contributed by atoms with van der Waals surface area (Å²) in [6, 6.07) is 11.8. The lowest BCUT2D eigenvalue weighted by Crippen LogP contribution is -2.48. The van der Waals surface area contributed by atoms with Crippen LogP contribution in [0, 0.1) is 11.8 Å². The van der Waals surface area contributed by atoms with Gasteiger partial charge in [0.05, 0.1) is 46.1 Å². The molecule has 4 aromatic heterocycles. The van der Waals surface area contributed by atoms with Crippen molar-refractivity contribution in [1.82, 2.24) is 40.6 Å². The van der Waals surface area contributed by atoms with Crippen LogP contribution in [0.3, 0.4) is 0 Å². The molecule has 2 amide bonds. The fraction of sp³-hybridized carbons (Fsp3) is 0.462. The molecule has 1 saturated heterocycles. The molecule has 7 rings (SSSR count). The number of rotatable bonds is 13. The minimum Gasteiger partial charge on any atom is -0.453 e. The maximum atomic E-state index is 13.4. The number of pyridine rings is 1. The molecule has 280 valence electrons. The summed E-state index contributed by atoms with van der Waals surface area (Å²) in [5.74, 6) is 1.76. The van der Waals surface area contributed by atoms with Crippen LogP contribution >= 0.6 is 11.3 Å². The number of thiophene rings is 1. The van der Waals surface area contributed by atoms with Crippen LogP contribution in [-0.2, 0) is 9.53 Å². The van der Waals surface area contributed by atoms with E-state index in [1.54, 1.807) is 11.3 Å². The molecule has 0 radical (unpaired) electrons. The number of hydrogen-bond acceptors (Lipinski definition) is 10. The zero-order valence-electron chi connectivity index (χ0n) is 30.9. The molecule has 0 aliphatic carbocycles. The van der Waals surface area contributed by atoms with Crippen molar-refractivity contribution in [1.29, 1.82) is 0 Å². The molecule has 1 aliphatic rings. The summed E-state index contributed by atoms with van der Waals surface area (Å²) >= 11 is 1.70. The Morgan fingerprint density at radius 2 is 1.89 bits per heavy atom. The zero-order valence-corrected chi connectivity index (χ0v) is 31.7. The highest BCUT2D eigenvalue weighted by Gasteiger charge is 2.37. The van der Waals surface area contributed by atoms with Gasteiger partial charge in [-0.15, -0.1) is 11.3 Å². The van der Waals surface area contributed by atoms with Crippen LogP contribution in [0.2, 0.25) is 0 Å². The normalized spacial score (nSPS) is 16.8. The molecular formula is C39H49N9O4S. The van der Waals surface area contributed by atoms with Crippen LogP contribution in [0.15, 0.2) is 42.6 Å². The number of aromatic nitrogens is 5. The van der Waals surface area contributed by atoms with Gasteiger partial charge in [-0.2, -0.15) is 5.48 Å². The van der Waals surface area contributed by atoms with Gasteiger partial charge in [-0.1, -0.05) is 39.8 Å². The number of carbonyl (C=O) groups excluding carboxylic acids is 2. The summed E-state index contributed by atoms with van der Waals surface area (Å²) in [7, 11) is 1.38. The quantitative estimate of drug-likeness (QED) is 0.0670. The van der Waals surface area contributed by atoms with E-state index in [-0.39, 0.29) is 35.7 Å². The topological polar surface area (TPSA) is 187 Å². The first-order valence-electron chi connectivity index (χ1n) is 18.6. The molecule has 0 saturated carbocycles. The highest BCUT2D eigenvalue weighted by molar-refractivity contribution is 7.23. The van der Waals surface area contributed by atoms with Crippen LogP contribution in [0.25, 0.3) is 53.5 Å². The number of H-pyrrole nitrogens is 2. The third-order valence-electron chi connectivity index (χ3n) is 10.7. The Kier molecular flexibility index (Phi) is 10.7. The fourth-order valence-electron chi connectivity index (χ4n) is 7.65. The Labute approximate surface area is 312 Å². The van der Waals surface area contributed by atoms with Crippen LogP contribution in [0.5, 0.6) is 0 Å². The van der Waals surface area contributed by atoms with Crippen molar-refractivity contribution in [3.05, 3.63) is 54.2 Å². The van der Waals surface area contributed by atoms with E-state index in [2.05, 4.69) is 64.9 Å². The number of fused-ring (bicyclic) bond motifs is 6. The van der Waals surface area contributed by atoms with Gasteiger partial charge in [-0.05, 0) is 85.7 Å².